The van der Waals surface area contributed by atoms with Crippen LogP contribution < -0.4 is 10.6 Å². The quantitative estimate of drug-likeness (QED) is 0.709. The molecule has 0 fully saturated rings. The lowest BCUT2D eigenvalue weighted by Crippen LogP contribution is -2.22. The Kier molecular flexibility index (Phi) is 7.27. The Balaban J connectivity index is 2.82. The fourth-order valence-electron chi connectivity index (χ4n) is 2.37. The van der Waals surface area contributed by atoms with Crippen LogP contribution in [0.2, 0.25) is 0 Å². The summed E-state index contributed by atoms with van der Waals surface area (Å²) < 4.78 is 0. The van der Waals surface area contributed by atoms with Gasteiger partial charge in [-0.1, -0.05) is 40.2 Å². The zero-order valence-electron chi connectivity index (χ0n) is 14.1. The van der Waals surface area contributed by atoms with E-state index in [1.807, 2.05) is 19.1 Å². The summed E-state index contributed by atoms with van der Waals surface area (Å²) in [5.41, 5.74) is 3.14. The van der Waals surface area contributed by atoms with E-state index in [-0.39, 0.29) is 5.91 Å². The van der Waals surface area contributed by atoms with Gasteiger partial charge in [0.25, 0.3) is 0 Å². The Bertz CT molecular complexity index is 457. The van der Waals surface area contributed by atoms with Gasteiger partial charge in [0.15, 0.2) is 0 Å². The van der Waals surface area contributed by atoms with Crippen molar-refractivity contribution in [1.29, 1.82) is 0 Å². The Hall–Kier alpha value is -1.51. The third-order valence-electron chi connectivity index (χ3n) is 4.17. The molecule has 1 aromatic rings. The first-order valence-corrected chi connectivity index (χ1v) is 8.17. The SMILES string of the molecule is CCC(=O)Nc1cccc(NC(CC)CC(C)CC)c1C. The standard InChI is InChI=1S/C18H30N2O/c1-6-13(4)12-15(7-2)19-16-10-9-11-17(14(16)5)20-18(21)8-3/h9-11,13,15,19H,6-8,12H2,1-5H3,(H,20,21). The molecule has 0 aliphatic rings. The second-order valence-electron chi connectivity index (χ2n) is 5.88. The van der Waals surface area contributed by atoms with E-state index in [0.717, 1.165) is 29.3 Å². The number of hydrogen-bond donors (Lipinski definition) is 2. The largest absolute Gasteiger partial charge is 0.382 e. The summed E-state index contributed by atoms with van der Waals surface area (Å²) >= 11 is 0. The maximum absolute atomic E-state index is 11.6. The monoisotopic (exact) mass is 290 g/mol. The predicted molar refractivity (Wildman–Crippen MR) is 91.9 cm³/mol. The van der Waals surface area contributed by atoms with Gasteiger partial charge in [0, 0.05) is 23.8 Å². The summed E-state index contributed by atoms with van der Waals surface area (Å²) in [5.74, 6) is 0.785. The predicted octanol–water partition coefficient (Wildman–Crippen LogP) is 4.97. The van der Waals surface area contributed by atoms with Gasteiger partial charge in [-0.2, -0.15) is 0 Å². The lowest BCUT2D eigenvalue weighted by Gasteiger charge is -2.23. The number of rotatable bonds is 8. The van der Waals surface area contributed by atoms with Crippen LogP contribution >= 0.6 is 0 Å². The molecule has 21 heavy (non-hydrogen) atoms. The van der Waals surface area contributed by atoms with Gasteiger partial charge in [-0.25, -0.2) is 0 Å². The highest BCUT2D eigenvalue weighted by Gasteiger charge is 2.13. The van der Waals surface area contributed by atoms with Crippen LogP contribution in [0.4, 0.5) is 11.4 Å². The van der Waals surface area contributed by atoms with Crippen LogP contribution in [-0.2, 0) is 4.79 Å². The van der Waals surface area contributed by atoms with Crippen LogP contribution in [0.5, 0.6) is 0 Å². The van der Waals surface area contributed by atoms with Crippen LogP contribution in [0.15, 0.2) is 18.2 Å². The maximum Gasteiger partial charge on any atom is 0.224 e. The van der Waals surface area contributed by atoms with Crippen LogP contribution in [0.25, 0.3) is 0 Å². The number of anilines is 2. The van der Waals surface area contributed by atoms with Crippen LogP contribution in [-0.4, -0.2) is 11.9 Å². The van der Waals surface area contributed by atoms with Gasteiger partial charge in [0.05, 0.1) is 0 Å². The van der Waals surface area contributed by atoms with Gasteiger partial charge < -0.3 is 10.6 Å². The van der Waals surface area contributed by atoms with Crippen molar-refractivity contribution in [1.82, 2.24) is 0 Å². The van der Waals surface area contributed by atoms with Crippen molar-refractivity contribution in [3.63, 3.8) is 0 Å². The highest BCUT2D eigenvalue weighted by molar-refractivity contribution is 5.92. The van der Waals surface area contributed by atoms with Gasteiger partial charge in [-0.3, -0.25) is 4.79 Å². The summed E-state index contributed by atoms with van der Waals surface area (Å²) in [6.07, 6.45) is 4.00. The summed E-state index contributed by atoms with van der Waals surface area (Å²) in [6.45, 7) is 10.7. The van der Waals surface area contributed by atoms with Gasteiger partial charge >= 0.3 is 0 Å². The molecule has 0 heterocycles. The normalized spacial score (nSPS) is 13.6. The molecule has 1 aromatic carbocycles. The molecule has 2 atom stereocenters. The van der Waals surface area contributed by atoms with Crippen molar-refractivity contribution in [3.05, 3.63) is 23.8 Å². The number of benzene rings is 1. The van der Waals surface area contributed by atoms with Crippen molar-refractivity contribution >= 4 is 17.3 Å². The maximum atomic E-state index is 11.6. The van der Waals surface area contributed by atoms with E-state index >= 15 is 0 Å². The van der Waals surface area contributed by atoms with Crippen molar-refractivity contribution in [2.45, 2.75) is 66.3 Å². The van der Waals surface area contributed by atoms with E-state index in [4.69, 9.17) is 0 Å². The molecule has 2 unspecified atom stereocenters. The van der Waals surface area contributed by atoms with Gasteiger partial charge in [0.1, 0.15) is 0 Å². The van der Waals surface area contributed by atoms with E-state index < -0.39 is 0 Å². The Morgan fingerprint density at radius 2 is 1.81 bits per heavy atom. The minimum Gasteiger partial charge on any atom is -0.382 e. The first-order chi connectivity index (χ1) is 10.0. The zero-order valence-corrected chi connectivity index (χ0v) is 14.1. The average molecular weight is 290 g/mol. The summed E-state index contributed by atoms with van der Waals surface area (Å²) in [4.78, 5) is 11.6. The van der Waals surface area contributed by atoms with Crippen molar-refractivity contribution in [3.8, 4) is 0 Å². The highest BCUT2D eigenvalue weighted by Crippen LogP contribution is 2.26. The molecule has 0 aliphatic heterocycles. The lowest BCUT2D eigenvalue weighted by atomic mass is 9.97. The molecule has 2 N–H and O–H groups in total. The molecule has 0 saturated heterocycles. The summed E-state index contributed by atoms with van der Waals surface area (Å²) in [7, 11) is 0. The van der Waals surface area contributed by atoms with E-state index in [2.05, 4.69) is 44.4 Å². The van der Waals surface area contributed by atoms with Crippen LogP contribution in [0.3, 0.4) is 0 Å². The molecule has 1 amide bonds. The van der Waals surface area contributed by atoms with E-state index in [0.29, 0.717) is 12.5 Å². The third-order valence-corrected chi connectivity index (χ3v) is 4.17. The Morgan fingerprint density at radius 1 is 1.14 bits per heavy atom. The van der Waals surface area contributed by atoms with Gasteiger partial charge in [-0.05, 0) is 43.4 Å². The molecule has 118 valence electrons. The Labute approximate surface area is 129 Å². The first-order valence-electron chi connectivity index (χ1n) is 8.17. The third kappa shape index (κ3) is 5.41. The van der Waals surface area contributed by atoms with Crippen LogP contribution in [0.1, 0.15) is 58.9 Å². The molecule has 0 aromatic heterocycles. The fraction of sp³-hybridized carbons (Fsp3) is 0.611. The zero-order chi connectivity index (χ0) is 15.8. The van der Waals surface area contributed by atoms with Crippen molar-refractivity contribution in [2.24, 2.45) is 5.92 Å². The molecule has 0 saturated carbocycles. The van der Waals surface area contributed by atoms with Crippen molar-refractivity contribution < 1.29 is 4.79 Å². The number of carbonyl (C=O) groups is 1. The fourth-order valence-corrected chi connectivity index (χ4v) is 2.37. The second-order valence-corrected chi connectivity index (χ2v) is 5.88. The summed E-state index contributed by atoms with van der Waals surface area (Å²) in [6, 6.07) is 6.53. The minimum atomic E-state index is 0.0573. The molecule has 3 nitrogen and oxygen atoms in total. The topological polar surface area (TPSA) is 41.1 Å². The molecule has 0 aliphatic carbocycles. The second kappa shape index (κ2) is 8.71. The highest BCUT2D eigenvalue weighted by atomic mass is 16.1. The minimum absolute atomic E-state index is 0.0573. The smallest absolute Gasteiger partial charge is 0.224 e. The van der Waals surface area contributed by atoms with E-state index in [1.165, 1.54) is 12.8 Å². The lowest BCUT2D eigenvalue weighted by molar-refractivity contribution is -0.115. The molecule has 1 rings (SSSR count). The van der Waals surface area contributed by atoms with Crippen molar-refractivity contribution in [2.75, 3.05) is 10.6 Å². The summed E-state index contributed by atoms with van der Waals surface area (Å²) in [5, 5.41) is 6.61. The van der Waals surface area contributed by atoms with Gasteiger partial charge in [0.2, 0.25) is 5.91 Å². The van der Waals surface area contributed by atoms with E-state index in [9.17, 15) is 4.79 Å². The molecule has 0 spiro atoms. The number of carbonyl (C=O) groups excluding carboxylic acids is 1. The molecule has 0 bridgehead atoms. The molecule has 0 radical (unpaired) electrons. The molecular weight excluding hydrogens is 260 g/mol. The van der Waals surface area contributed by atoms with Gasteiger partial charge in [-0.15, -0.1) is 0 Å². The Morgan fingerprint density at radius 3 is 2.38 bits per heavy atom. The number of amides is 1. The van der Waals surface area contributed by atoms with Crippen LogP contribution in [0, 0.1) is 12.8 Å². The molecular formula is C18H30N2O. The van der Waals surface area contributed by atoms with E-state index in [1.54, 1.807) is 0 Å². The average Bonchev–Trinajstić information content (AvgIpc) is 2.49. The first kappa shape index (κ1) is 17.5. The number of nitrogens with one attached hydrogen (secondary N) is 2. The number of hydrogen-bond acceptors (Lipinski definition) is 2. The molecule has 3 heteroatoms.